The van der Waals surface area contributed by atoms with Crippen LogP contribution in [0, 0.1) is 0 Å². The third kappa shape index (κ3) is 2.97. The van der Waals surface area contributed by atoms with E-state index in [0.29, 0.717) is 6.61 Å². The molecule has 0 bridgehead atoms. The van der Waals surface area contributed by atoms with E-state index in [-0.39, 0.29) is 18.5 Å². The van der Waals surface area contributed by atoms with Crippen molar-refractivity contribution in [3.8, 4) is 0 Å². The highest BCUT2D eigenvalue weighted by Crippen LogP contribution is 2.08. The molecular formula is C7H14ClNO2. The Bertz CT molecular complexity index is 124. The minimum Gasteiger partial charge on any atom is -0.450 e. The second kappa shape index (κ2) is 5.24. The molecular weight excluding hydrogens is 166 g/mol. The number of ether oxygens (including phenoxy) is 1. The second-order valence-corrected chi connectivity index (χ2v) is 2.39. The zero-order valence-corrected chi connectivity index (χ0v) is 7.52. The monoisotopic (exact) mass is 179 g/mol. The van der Waals surface area contributed by atoms with Gasteiger partial charge in [-0.25, -0.2) is 4.79 Å². The number of rotatable bonds is 1. The normalized spacial score (nSPS) is 15.9. The molecule has 1 aliphatic rings. The Balaban J connectivity index is 0.000001000. The summed E-state index contributed by atoms with van der Waals surface area (Å²) in [5, 5.41) is 0. The van der Waals surface area contributed by atoms with Crippen molar-refractivity contribution >= 4 is 18.5 Å². The lowest BCUT2D eigenvalue weighted by molar-refractivity contribution is 0.116. The molecule has 0 aromatic rings. The number of hydrogen-bond acceptors (Lipinski definition) is 2. The number of nitrogens with zero attached hydrogens (tertiary/aromatic N) is 1. The average molecular weight is 180 g/mol. The number of carbonyl (C=O) groups excluding carboxylic acids is 1. The molecule has 0 aromatic heterocycles. The van der Waals surface area contributed by atoms with Gasteiger partial charge in [0.05, 0.1) is 6.61 Å². The largest absolute Gasteiger partial charge is 0.450 e. The van der Waals surface area contributed by atoms with Crippen LogP contribution in [0.25, 0.3) is 0 Å². The summed E-state index contributed by atoms with van der Waals surface area (Å²) in [5.41, 5.74) is 0. The average Bonchev–Trinajstić information content (AvgIpc) is 2.38. The number of amides is 1. The molecule has 3 nitrogen and oxygen atoms in total. The summed E-state index contributed by atoms with van der Waals surface area (Å²) in [7, 11) is 0. The Hall–Kier alpha value is -0.440. The van der Waals surface area contributed by atoms with Gasteiger partial charge < -0.3 is 9.64 Å². The zero-order valence-electron chi connectivity index (χ0n) is 6.71. The molecule has 1 aliphatic heterocycles. The summed E-state index contributed by atoms with van der Waals surface area (Å²) in [6.45, 7) is 4.06. The maximum absolute atomic E-state index is 10.9. The van der Waals surface area contributed by atoms with Crippen molar-refractivity contribution in [2.45, 2.75) is 19.8 Å². The summed E-state index contributed by atoms with van der Waals surface area (Å²) in [5.74, 6) is 0. The minimum absolute atomic E-state index is 0. The first kappa shape index (κ1) is 10.6. The van der Waals surface area contributed by atoms with Crippen molar-refractivity contribution < 1.29 is 9.53 Å². The molecule has 66 valence electrons. The fourth-order valence-corrected chi connectivity index (χ4v) is 1.11. The summed E-state index contributed by atoms with van der Waals surface area (Å²) in [4.78, 5) is 12.7. The van der Waals surface area contributed by atoms with Crippen molar-refractivity contribution in [3.63, 3.8) is 0 Å². The molecule has 1 amide bonds. The standard InChI is InChI=1S/C7H13NO2.ClH/c1-2-10-7(9)8-5-3-4-6-8;/h2-6H2,1H3;1H. The number of halogens is 1. The minimum atomic E-state index is -0.153. The van der Waals surface area contributed by atoms with Crippen molar-refractivity contribution in [2.24, 2.45) is 0 Å². The summed E-state index contributed by atoms with van der Waals surface area (Å²) in [6.07, 6.45) is 2.09. The lowest BCUT2D eigenvalue weighted by Crippen LogP contribution is -2.28. The van der Waals surface area contributed by atoms with Crippen LogP contribution in [0.4, 0.5) is 4.79 Å². The molecule has 0 radical (unpaired) electrons. The van der Waals surface area contributed by atoms with Crippen LogP contribution in [0.15, 0.2) is 0 Å². The Morgan fingerprint density at radius 2 is 2.00 bits per heavy atom. The van der Waals surface area contributed by atoms with E-state index in [1.54, 1.807) is 4.90 Å². The van der Waals surface area contributed by atoms with Gasteiger partial charge in [-0.05, 0) is 19.8 Å². The van der Waals surface area contributed by atoms with E-state index >= 15 is 0 Å². The van der Waals surface area contributed by atoms with Crippen molar-refractivity contribution in [1.82, 2.24) is 4.90 Å². The van der Waals surface area contributed by atoms with Crippen molar-refractivity contribution in [3.05, 3.63) is 0 Å². The Labute approximate surface area is 73.1 Å². The highest BCUT2D eigenvalue weighted by atomic mass is 35.5. The van der Waals surface area contributed by atoms with Crippen LogP contribution in [0.3, 0.4) is 0 Å². The highest BCUT2D eigenvalue weighted by Gasteiger charge is 2.17. The van der Waals surface area contributed by atoms with Gasteiger partial charge in [0.15, 0.2) is 0 Å². The molecule has 0 spiro atoms. The van der Waals surface area contributed by atoms with E-state index in [1.165, 1.54) is 0 Å². The summed E-state index contributed by atoms with van der Waals surface area (Å²) in [6, 6.07) is 0. The van der Waals surface area contributed by atoms with Gasteiger partial charge in [-0.1, -0.05) is 0 Å². The van der Waals surface area contributed by atoms with E-state index in [2.05, 4.69) is 0 Å². The first-order valence-electron chi connectivity index (χ1n) is 3.76. The Kier molecular flexibility index (Phi) is 5.03. The Morgan fingerprint density at radius 1 is 1.45 bits per heavy atom. The van der Waals surface area contributed by atoms with E-state index in [4.69, 9.17) is 4.74 Å². The van der Waals surface area contributed by atoms with Gasteiger partial charge in [0.1, 0.15) is 0 Å². The number of hydrogen-bond donors (Lipinski definition) is 0. The molecule has 0 unspecified atom stereocenters. The Morgan fingerprint density at radius 3 is 2.45 bits per heavy atom. The molecule has 1 heterocycles. The molecule has 0 aliphatic carbocycles. The molecule has 1 fully saturated rings. The van der Waals surface area contributed by atoms with Gasteiger partial charge in [-0.3, -0.25) is 0 Å². The topological polar surface area (TPSA) is 29.5 Å². The first-order valence-corrected chi connectivity index (χ1v) is 3.76. The predicted molar refractivity (Wildman–Crippen MR) is 45.1 cm³/mol. The van der Waals surface area contributed by atoms with Crippen LogP contribution >= 0.6 is 12.4 Å². The van der Waals surface area contributed by atoms with Gasteiger partial charge >= 0.3 is 6.09 Å². The lowest BCUT2D eigenvalue weighted by atomic mass is 10.4. The van der Waals surface area contributed by atoms with E-state index in [0.717, 1.165) is 25.9 Å². The molecule has 4 heteroatoms. The fraction of sp³-hybridized carbons (Fsp3) is 0.857. The van der Waals surface area contributed by atoms with Crippen LogP contribution < -0.4 is 0 Å². The maximum Gasteiger partial charge on any atom is 0.409 e. The lowest BCUT2D eigenvalue weighted by Gasteiger charge is -2.13. The molecule has 0 aromatic carbocycles. The van der Waals surface area contributed by atoms with Gasteiger partial charge in [-0.15, -0.1) is 12.4 Å². The summed E-state index contributed by atoms with van der Waals surface area (Å²) >= 11 is 0. The van der Waals surface area contributed by atoms with Gasteiger partial charge in [-0.2, -0.15) is 0 Å². The smallest absolute Gasteiger partial charge is 0.409 e. The van der Waals surface area contributed by atoms with Crippen LogP contribution in [0.2, 0.25) is 0 Å². The predicted octanol–water partition coefficient (Wildman–Crippen LogP) is 1.66. The molecule has 0 atom stereocenters. The number of carbonyl (C=O) groups is 1. The molecule has 11 heavy (non-hydrogen) atoms. The molecule has 1 rings (SSSR count). The molecule has 0 saturated carbocycles. The van der Waals surface area contributed by atoms with Crippen LogP contribution in [-0.2, 0) is 4.74 Å². The van der Waals surface area contributed by atoms with E-state index in [1.807, 2.05) is 6.92 Å². The van der Waals surface area contributed by atoms with Crippen molar-refractivity contribution in [1.29, 1.82) is 0 Å². The van der Waals surface area contributed by atoms with Crippen LogP contribution in [-0.4, -0.2) is 30.7 Å². The second-order valence-electron chi connectivity index (χ2n) is 2.39. The zero-order chi connectivity index (χ0) is 7.40. The molecule has 1 saturated heterocycles. The van der Waals surface area contributed by atoms with Crippen LogP contribution in [0.5, 0.6) is 0 Å². The van der Waals surface area contributed by atoms with Gasteiger partial charge in [0.25, 0.3) is 0 Å². The van der Waals surface area contributed by atoms with E-state index < -0.39 is 0 Å². The molecule has 0 N–H and O–H groups in total. The maximum atomic E-state index is 10.9. The summed E-state index contributed by atoms with van der Waals surface area (Å²) < 4.78 is 4.81. The third-order valence-electron chi connectivity index (χ3n) is 1.63. The quantitative estimate of drug-likeness (QED) is 0.613. The van der Waals surface area contributed by atoms with Gasteiger partial charge in [0, 0.05) is 13.1 Å². The number of likely N-dealkylation sites (tertiary alicyclic amines) is 1. The third-order valence-corrected chi connectivity index (χ3v) is 1.63. The highest BCUT2D eigenvalue weighted by molar-refractivity contribution is 5.85. The first-order chi connectivity index (χ1) is 4.84. The van der Waals surface area contributed by atoms with Gasteiger partial charge in [0.2, 0.25) is 0 Å². The fourth-order valence-electron chi connectivity index (χ4n) is 1.11. The van der Waals surface area contributed by atoms with Crippen molar-refractivity contribution in [2.75, 3.05) is 19.7 Å². The van der Waals surface area contributed by atoms with E-state index in [9.17, 15) is 4.79 Å². The van der Waals surface area contributed by atoms with Crippen LogP contribution in [0.1, 0.15) is 19.8 Å². The SMILES string of the molecule is CCOC(=O)N1CCCC1.Cl.